The Bertz CT molecular complexity index is 850. The second-order valence-corrected chi connectivity index (χ2v) is 6.47. The van der Waals surface area contributed by atoms with E-state index >= 15 is 0 Å². The molecular formula is C21H22FNO4S. The maximum absolute atomic E-state index is 13.1. The van der Waals surface area contributed by atoms with Gasteiger partial charge < -0.3 is 19.5 Å². The Labute approximate surface area is 169 Å². The SMILES string of the molecule is C#CCOc1ccc(CCNC(=O)C(S)(OC)c2ccc(F)cc2)cc1OC. The molecule has 0 aliphatic carbocycles. The molecule has 2 aromatic rings. The minimum atomic E-state index is -1.52. The molecule has 0 aromatic heterocycles. The molecule has 2 rings (SSSR count). The zero-order valence-corrected chi connectivity index (χ0v) is 16.6. The van der Waals surface area contributed by atoms with Crippen molar-refractivity contribution >= 4 is 18.5 Å². The molecule has 0 radical (unpaired) electrons. The summed E-state index contributed by atoms with van der Waals surface area (Å²) in [5.74, 6) is 2.67. The molecule has 2 aromatic carbocycles. The Kier molecular flexibility index (Phi) is 7.73. The van der Waals surface area contributed by atoms with Crippen molar-refractivity contribution in [2.75, 3.05) is 27.4 Å². The molecular weight excluding hydrogens is 381 g/mol. The van der Waals surface area contributed by atoms with Gasteiger partial charge in [-0.25, -0.2) is 4.39 Å². The van der Waals surface area contributed by atoms with Crippen molar-refractivity contribution in [2.45, 2.75) is 11.4 Å². The zero-order valence-electron chi connectivity index (χ0n) is 15.7. The van der Waals surface area contributed by atoms with Crippen LogP contribution in [0.2, 0.25) is 0 Å². The fraction of sp³-hybridized carbons (Fsp3) is 0.286. The predicted molar refractivity (Wildman–Crippen MR) is 108 cm³/mol. The van der Waals surface area contributed by atoms with Crippen molar-refractivity contribution in [1.82, 2.24) is 5.32 Å². The van der Waals surface area contributed by atoms with E-state index in [2.05, 4.69) is 23.9 Å². The number of thiol groups is 1. The molecule has 5 nitrogen and oxygen atoms in total. The molecule has 0 saturated carbocycles. The number of carbonyl (C=O) groups excluding carboxylic acids is 1. The van der Waals surface area contributed by atoms with E-state index in [0.717, 1.165) is 5.56 Å². The Morgan fingerprint density at radius 3 is 2.54 bits per heavy atom. The number of carbonyl (C=O) groups is 1. The van der Waals surface area contributed by atoms with Crippen LogP contribution < -0.4 is 14.8 Å². The van der Waals surface area contributed by atoms with Crippen molar-refractivity contribution < 1.29 is 23.4 Å². The van der Waals surface area contributed by atoms with Gasteiger partial charge in [0.15, 0.2) is 11.5 Å². The summed E-state index contributed by atoms with van der Waals surface area (Å²) < 4.78 is 29.1. The lowest BCUT2D eigenvalue weighted by Gasteiger charge is -2.26. The molecule has 7 heteroatoms. The number of ether oxygens (including phenoxy) is 3. The predicted octanol–water partition coefficient (Wildman–Crippen LogP) is 2.93. The third-order valence-corrected chi connectivity index (χ3v) is 4.72. The first-order valence-electron chi connectivity index (χ1n) is 8.49. The molecule has 0 saturated heterocycles. The topological polar surface area (TPSA) is 56.8 Å². The first kappa shape index (κ1) is 21.6. The molecule has 1 amide bonds. The second-order valence-electron chi connectivity index (χ2n) is 5.84. The lowest BCUT2D eigenvalue weighted by atomic mass is 10.1. The van der Waals surface area contributed by atoms with Gasteiger partial charge >= 0.3 is 0 Å². The molecule has 28 heavy (non-hydrogen) atoms. The van der Waals surface area contributed by atoms with Crippen molar-refractivity contribution in [1.29, 1.82) is 0 Å². The first-order valence-corrected chi connectivity index (χ1v) is 8.94. The molecule has 0 spiro atoms. The van der Waals surface area contributed by atoms with Gasteiger partial charge in [0, 0.05) is 19.2 Å². The summed E-state index contributed by atoms with van der Waals surface area (Å²) in [6.45, 7) is 0.496. The third kappa shape index (κ3) is 5.18. The monoisotopic (exact) mass is 403 g/mol. The van der Waals surface area contributed by atoms with Gasteiger partial charge in [-0.15, -0.1) is 19.1 Å². The number of amides is 1. The molecule has 1 atom stereocenters. The highest BCUT2D eigenvalue weighted by atomic mass is 32.1. The standard InChI is InChI=1S/C21H22FNO4S/c1-4-13-27-18-10-5-15(14-19(18)25-2)11-12-23-20(24)21(28,26-3)16-6-8-17(22)9-7-16/h1,5-10,14,28H,11-13H2,2-3H3,(H,23,24). The van der Waals surface area contributed by atoms with E-state index < -0.39 is 16.7 Å². The van der Waals surface area contributed by atoms with Crippen LogP contribution in [0.3, 0.4) is 0 Å². The van der Waals surface area contributed by atoms with Crippen LogP contribution in [0, 0.1) is 18.2 Å². The summed E-state index contributed by atoms with van der Waals surface area (Å²) in [5.41, 5.74) is 1.38. The summed E-state index contributed by atoms with van der Waals surface area (Å²) in [4.78, 5) is 11.1. The van der Waals surface area contributed by atoms with Crippen molar-refractivity contribution in [2.24, 2.45) is 0 Å². The summed E-state index contributed by atoms with van der Waals surface area (Å²) >= 11 is 4.37. The molecule has 0 aliphatic heterocycles. The average Bonchev–Trinajstić information content (AvgIpc) is 2.72. The maximum Gasteiger partial charge on any atom is 0.267 e. The fourth-order valence-electron chi connectivity index (χ4n) is 2.56. The van der Waals surface area contributed by atoms with E-state index in [-0.39, 0.29) is 6.61 Å². The number of halogens is 1. The number of benzene rings is 2. The smallest absolute Gasteiger partial charge is 0.267 e. The van der Waals surface area contributed by atoms with Crippen LogP contribution in [0.25, 0.3) is 0 Å². The highest BCUT2D eigenvalue weighted by molar-refractivity contribution is 7.82. The summed E-state index contributed by atoms with van der Waals surface area (Å²) in [6, 6.07) is 10.9. The zero-order chi connectivity index (χ0) is 20.6. The van der Waals surface area contributed by atoms with Crippen molar-refractivity contribution in [3.8, 4) is 23.8 Å². The summed E-state index contributed by atoms with van der Waals surface area (Å²) in [7, 11) is 2.91. The lowest BCUT2D eigenvalue weighted by Crippen LogP contribution is -2.42. The van der Waals surface area contributed by atoms with Crippen LogP contribution in [-0.4, -0.2) is 33.3 Å². The average molecular weight is 403 g/mol. The van der Waals surface area contributed by atoms with Crippen LogP contribution in [0.1, 0.15) is 11.1 Å². The Morgan fingerprint density at radius 2 is 1.93 bits per heavy atom. The van der Waals surface area contributed by atoms with E-state index in [9.17, 15) is 9.18 Å². The van der Waals surface area contributed by atoms with Gasteiger partial charge in [0.2, 0.25) is 4.93 Å². The van der Waals surface area contributed by atoms with Crippen molar-refractivity contribution in [3.05, 3.63) is 59.4 Å². The van der Waals surface area contributed by atoms with Gasteiger partial charge in [-0.3, -0.25) is 4.79 Å². The van der Waals surface area contributed by atoms with Crippen LogP contribution in [0.4, 0.5) is 4.39 Å². The number of hydrogen-bond donors (Lipinski definition) is 2. The summed E-state index contributed by atoms with van der Waals surface area (Å²) in [5, 5.41) is 2.79. The van der Waals surface area contributed by atoms with E-state index in [1.165, 1.54) is 31.4 Å². The number of rotatable bonds is 9. The van der Waals surface area contributed by atoms with Gasteiger partial charge in [-0.2, -0.15) is 0 Å². The van der Waals surface area contributed by atoms with E-state index in [1.54, 1.807) is 13.2 Å². The highest BCUT2D eigenvalue weighted by Gasteiger charge is 2.36. The molecule has 1 unspecified atom stereocenters. The van der Waals surface area contributed by atoms with E-state index in [0.29, 0.717) is 30.0 Å². The number of methoxy groups -OCH3 is 2. The lowest BCUT2D eigenvalue weighted by molar-refractivity contribution is -0.134. The van der Waals surface area contributed by atoms with Gasteiger partial charge in [0.1, 0.15) is 12.4 Å². The van der Waals surface area contributed by atoms with Gasteiger partial charge in [-0.05, 0) is 36.2 Å². The van der Waals surface area contributed by atoms with Crippen LogP contribution in [0.15, 0.2) is 42.5 Å². The number of terminal acetylenes is 1. The largest absolute Gasteiger partial charge is 0.493 e. The van der Waals surface area contributed by atoms with Crippen LogP contribution in [-0.2, 0) is 20.9 Å². The quantitative estimate of drug-likeness (QED) is 0.384. The fourth-order valence-corrected chi connectivity index (χ4v) is 2.79. The Balaban J connectivity index is 2.00. The van der Waals surface area contributed by atoms with E-state index in [1.807, 2.05) is 12.1 Å². The summed E-state index contributed by atoms with van der Waals surface area (Å²) in [6.07, 6.45) is 5.75. The third-order valence-electron chi connectivity index (χ3n) is 4.08. The number of hydrogen-bond acceptors (Lipinski definition) is 5. The van der Waals surface area contributed by atoms with E-state index in [4.69, 9.17) is 20.6 Å². The molecule has 0 fully saturated rings. The van der Waals surface area contributed by atoms with Crippen LogP contribution in [0.5, 0.6) is 11.5 Å². The normalized spacial score (nSPS) is 12.5. The Morgan fingerprint density at radius 1 is 1.21 bits per heavy atom. The molecule has 0 aliphatic rings. The van der Waals surface area contributed by atoms with Gasteiger partial charge in [0.25, 0.3) is 5.91 Å². The second kappa shape index (κ2) is 10.0. The minimum absolute atomic E-state index is 0.149. The number of nitrogens with one attached hydrogen (secondary N) is 1. The Hall–Kier alpha value is -2.69. The first-order chi connectivity index (χ1) is 13.4. The minimum Gasteiger partial charge on any atom is -0.493 e. The molecule has 0 bridgehead atoms. The van der Waals surface area contributed by atoms with Crippen LogP contribution >= 0.6 is 12.6 Å². The maximum atomic E-state index is 13.1. The van der Waals surface area contributed by atoms with Crippen molar-refractivity contribution in [3.63, 3.8) is 0 Å². The van der Waals surface area contributed by atoms with Gasteiger partial charge in [0.05, 0.1) is 7.11 Å². The molecule has 148 valence electrons. The molecule has 1 N–H and O–H groups in total. The highest BCUT2D eigenvalue weighted by Crippen LogP contribution is 2.30. The van der Waals surface area contributed by atoms with Gasteiger partial charge in [-0.1, -0.05) is 24.1 Å². The molecule has 0 heterocycles.